The molecule has 0 aliphatic rings. The van der Waals surface area contributed by atoms with Crippen LogP contribution in [-0.2, 0) is 24.9 Å². The van der Waals surface area contributed by atoms with Crippen LogP contribution in [0, 0.1) is 19.9 Å². The van der Waals surface area contributed by atoms with E-state index in [4.69, 9.17) is 10.1 Å². The molecule has 0 atom stereocenters. The molecular weight excluding hydrogens is 655 g/mol. The SMILES string of the molecule is CC(=O)/C=C(/C)O.Cc1cc(C)cc(-c2cc3cnc(-c4[c-]ccc(-c5ccccc5)c4)cc3s2)c1.[Ir]. The zero-order valence-electron chi connectivity index (χ0n) is 21.2. The topological polar surface area (TPSA) is 50.2 Å². The summed E-state index contributed by atoms with van der Waals surface area (Å²) in [6.45, 7) is 7.15. The van der Waals surface area contributed by atoms with Gasteiger partial charge in [0, 0.05) is 47.3 Å². The summed E-state index contributed by atoms with van der Waals surface area (Å²) < 4.78 is 1.25. The van der Waals surface area contributed by atoms with E-state index in [1.54, 1.807) is 0 Å². The van der Waals surface area contributed by atoms with Gasteiger partial charge in [0.25, 0.3) is 0 Å². The Kier molecular flexibility index (Phi) is 9.71. The van der Waals surface area contributed by atoms with Crippen molar-refractivity contribution in [3.8, 4) is 32.8 Å². The van der Waals surface area contributed by atoms with Crippen molar-refractivity contribution in [3.63, 3.8) is 0 Å². The normalized spacial score (nSPS) is 10.9. The molecule has 2 heterocycles. The Morgan fingerprint density at radius 3 is 2.22 bits per heavy atom. The van der Waals surface area contributed by atoms with Gasteiger partial charge in [-0.3, -0.25) is 4.79 Å². The summed E-state index contributed by atoms with van der Waals surface area (Å²) in [6, 6.07) is 31.2. The third-order valence-electron chi connectivity index (χ3n) is 5.50. The largest absolute Gasteiger partial charge is 0.512 e. The number of aromatic nitrogens is 1. The predicted octanol–water partition coefficient (Wildman–Crippen LogP) is 8.75. The zero-order valence-corrected chi connectivity index (χ0v) is 24.4. The molecule has 3 nitrogen and oxygen atoms in total. The monoisotopic (exact) mass is 683 g/mol. The molecule has 1 N–H and O–H groups in total. The van der Waals surface area contributed by atoms with E-state index >= 15 is 0 Å². The Labute approximate surface area is 235 Å². The molecule has 0 amide bonds. The number of thiophene rings is 1. The molecule has 5 aromatic rings. The number of benzene rings is 3. The molecule has 2 aromatic heterocycles. The molecule has 0 aliphatic heterocycles. The van der Waals surface area contributed by atoms with E-state index in [9.17, 15) is 4.79 Å². The quantitative estimate of drug-likeness (QED) is 0.117. The number of aliphatic hydroxyl groups excluding tert-OH is 1. The van der Waals surface area contributed by atoms with Crippen molar-refractivity contribution in [2.75, 3.05) is 0 Å². The van der Waals surface area contributed by atoms with Crippen molar-refractivity contribution in [3.05, 3.63) is 114 Å². The average molecular weight is 683 g/mol. The molecule has 5 rings (SSSR count). The second-order valence-corrected chi connectivity index (χ2v) is 9.93. The first kappa shape index (κ1) is 28.2. The first-order valence-electron chi connectivity index (χ1n) is 11.7. The van der Waals surface area contributed by atoms with Crippen LogP contribution in [0.2, 0.25) is 0 Å². The van der Waals surface area contributed by atoms with Crippen molar-refractivity contribution < 1.29 is 30.0 Å². The third-order valence-corrected chi connectivity index (χ3v) is 6.65. The van der Waals surface area contributed by atoms with E-state index in [-0.39, 0.29) is 31.6 Å². The number of carbonyl (C=O) groups is 1. The molecule has 0 saturated heterocycles. The molecule has 189 valence electrons. The fourth-order valence-electron chi connectivity index (χ4n) is 4.06. The van der Waals surface area contributed by atoms with Crippen LogP contribution in [0.15, 0.2) is 96.9 Å². The number of aliphatic hydroxyl groups is 1. The number of hydrogen-bond acceptors (Lipinski definition) is 4. The molecule has 0 bridgehead atoms. The molecule has 0 saturated carbocycles. The van der Waals surface area contributed by atoms with Gasteiger partial charge >= 0.3 is 0 Å². The minimum atomic E-state index is -0.125. The molecule has 37 heavy (non-hydrogen) atoms. The summed E-state index contributed by atoms with van der Waals surface area (Å²) in [4.78, 5) is 16.0. The minimum absolute atomic E-state index is 0. The summed E-state index contributed by atoms with van der Waals surface area (Å²) in [6.07, 6.45) is 3.15. The van der Waals surface area contributed by atoms with Gasteiger partial charge in [-0.1, -0.05) is 65.7 Å². The van der Waals surface area contributed by atoms with Gasteiger partial charge in [-0.25, -0.2) is 0 Å². The van der Waals surface area contributed by atoms with E-state index in [0.717, 1.165) is 11.3 Å². The second-order valence-electron chi connectivity index (χ2n) is 8.85. The summed E-state index contributed by atoms with van der Waals surface area (Å²) in [5.74, 6) is -0.0625. The first-order chi connectivity index (χ1) is 17.3. The molecule has 3 aromatic carbocycles. The van der Waals surface area contributed by atoms with E-state index in [1.165, 1.54) is 62.7 Å². The van der Waals surface area contributed by atoms with Crippen LogP contribution in [0.25, 0.3) is 42.9 Å². The Hall–Kier alpha value is -3.37. The number of nitrogens with zero attached hydrogens (tertiary/aromatic N) is 1. The standard InChI is InChI=1S/C27H20NS.C5H8O2.Ir/c1-18-11-19(2)13-23(12-18)26-15-24-17-28-25(16-27(24)29-26)22-10-6-9-21(14-22)20-7-4-3-5-8-20;1-4(6)3-5(2)7;/h3-9,11-17H,1-2H3;3,6H,1-2H3;/q-1;;/b;4-3-;. The third kappa shape index (κ3) is 7.56. The van der Waals surface area contributed by atoms with Gasteiger partial charge in [0.05, 0.1) is 5.76 Å². The molecule has 1 radical (unpaired) electrons. The number of allylic oxidation sites excluding steroid dienone is 2. The van der Waals surface area contributed by atoms with Gasteiger partial charge in [0.15, 0.2) is 5.78 Å². The van der Waals surface area contributed by atoms with Gasteiger partial charge < -0.3 is 10.1 Å². The van der Waals surface area contributed by atoms with Crippen molar-refractivity contribution in [1.82, 2.24) is 4.98 Å². The van der Waals surface area contributed by atoms with E-state index in [0.29, 0.717) is 0 Å². The van der Waals surface area contributed by atoms with Crippen molar-refractivity contribution >= 4 is 27.2 Å². The van der Waals surface area contributed by atoms with E-state index in [1.807, 2.05) is 29.7 Å². The van der Waals surface area contributed by atoms with Crippen LogP contribution in [0.5, 0.6) is 0 Å². The molecular formula is C32H28IrNO2S-. The average Bonchev–Trinajstić information content (AvgIpc) is 3.27. The van der Waals surface area contributed by atoms with Crippen LogP contribution in [0.1, 0.15) is 25.0 Å². The Balaban J connectivity index is 0.000000422. The Morgan fingerprint density at radius 1 is 0.892 bits per heavy atom. The van der Waals surface area contributed by atoms with Crippen LogP contribution in [0.4, 0.5) is 0 Å². The Bertz CT molecular complexity index is 1530. The van der Waals surface area contributed by atoms with Gasteiger partial charge in [-0.2, -0.15) is 0 Å². The van der Waals surface area contributed by atoms with Crippen LogP contribution in [0.3, 0.4) is 0 Å². The first-order valence-corrected chi connectivity index (χ1v) is 12.5. The fourth-order valence-corrected chi connectivity index (χ4v) is 5.12. The molecule has 0 fully saturated rings. The van der Waals surface area contributed by atoms with E-state index in [2.05, 4.69) is 86.6 Å². The predicted molar refractivity (Wildman–Crippen MR) is 151 cm³/mol. The number of rotatable bonds is 4. The fraction of sp³-hybridized carbons (Fsp3) is 0.125. The smallest absolute Gasteiger partial charge is 0.155 e. The molecule has 0 unspecified atom stereocenters. The van der Waals surface area contributed by atoms with Gasteiger partial charge in [0.2, 0.25) is 0 Å². The van der Waals surface area contributed by atoms with Crippen LogP contribution < -0.4 is 0 Å². The summed E-state index contributed by atoms with van der Waals surface area (Å²) in [7, 11) is 0. The summed E-state index contributed by atoms with van der Waals surface area (Å²) in [5.41, 5.74) is 8.24. The Morgan fingerprint density at radius 2 is 1.59 bits per heavy atom. The van der Waals surface area contributed by atoms with Gasteiger partial charge in [0.1, 0.15) is 0 Å². The van der Waals surface area contributed by atoms with Crippen LogP contribution >= 0.6 is 11.3 Å². The summed E-state index contributed by atoms with van der Waals surface area (Å²) >= 11 is 1.82. The van der Waals surface area contributed by atoms with E-state index < -0.39 is 0 Å². The van der Waals surface area contributed by atoms with Crippen molar-refractivity contribution in [2.24, 2.45) is 0 Å². The molecule has 5 heteroatoms. The maximum absolute atomic E-state index is 10.0. The minimum Gasteiger partial charge on any atom is -0.512 e. The summed E-state index contributed by atoms with van der Waals surface area (Å²) in [5, 5.41) is 9.55. The number of ketones is 1. The van der Waals surface area contributed by atoms with Crippen molar-refractivity contribution in [2.45, 2.75) is 27.7 Å². The maximum atomic E-state index is 10.0. The number of hydrogen-bond donors (Lipinski definition) is 1. The number of pyridine rings is 1. The zero-order chi connectivity index (χ0) is 25.7. The number of aryl methyl sites for hydroxylation is 2. The maximum Gasteiger partial charge on any atom is 0.155 e. The van der Waals surface area contributed by atoms with Crippen LogP contribution in [-0.4, -0.2) is 15.9 Å². The van der Waals surface area contributed by atoms with Crippen molar-refractivity contribution in [1.29, 1.82) is 0 Å². The molecule has 0 aliphatic carbocycles. The van der Waals surface area contributed by atoms with Gasteiger partial charge in [-0.05, 0) is 50.6 Å². The van der Waals surface area contributed by atoms with Gasteiger partial charge in [-0.15, -0.1) is 46.7 Å². The number of fused-ring (bicyclic) bond motifs is 1. The second kappa shape index (κ2) is 12.7. The number of carbonyl (C=O) groups excluding carboxylic acids is 1. The molecule has 0 spiro atoms.